The van der Waals surface area contributed by atoms with Gasteiger partial charge in [-0.3, -0.25) is 4.79 Å². The van der Waals surface area contributed by atoms with Gasteiger partial charge < -0.3 is 9.64 Å². The summed E-state index contributed by atoms with van der Waals surface area (Å²) < 4.78 is 5.95. The molecular weight excluding hydrogens is 306 g/mol. The third kappa shape index (κ3) is 3.30. The number of halogens is 1. The van der Waals surface area contributed by atoms with Gasteiger partial charge in [0.15, 0.2) is 0 Å². The van der Waals surface area contributed by atoms with Crippen LogP contribution >= 0.6 is 15.9 Å². The van der Waals surface area contributed by atoms with E-state index in [0.717, 1.165) is 30.2 Å². The Labute approximate surface area is 123 Å². The zero-order valence-electron chi connectivity index (χ0n) is 11.4. The molecule has 0 N–H and O–H groups in total. The van der Waals surface area contributed by atoms with Gasteiger partial charge in [0.2, 0.25) is 0 Å². The maximum Gasteiger partial charge on any atom is 0.308 e. The molecular formula is C15H20BrNO2. The van der Waals surface area contributed by atoms with E-state index in [1.807, 2.05) is 6.07 Å². The van der Waals surface area contributed by atoms with E-state index in [-0.39, 0.29) is 11.9 Å². The average Bonchev–Trinajstić information content (AvgIpc) is 2.46. The van der Waals surface area contributed by atoms with Gasteiger partial charge in [0, 0.05) is 17.6 Å². The first kappa shape index (κ1) is 14.4. The first-order valence-electron chi connectivity index (χ1n) is 6.68. The molecule has 0 bridgehead atoms. The third-order valence-corrected chi connectivity index (χ3v) is 4.68. The normalized spacial score (nSPS) is 22.9. The molecule has 0 saturated heterocycles. The molecule has 1 aromatic rings. The molecule has 1 aliphatic rings. The lowest BCUT2D eigenvalue weighted by Crippen LogP contribution is -2.37. The Morgan fingerprint density at radius 1 is 1.26 bits per heavy atom. The van der Waals surface area contributed by atoms with Gasteiger partial charge in [-0.15, -0.1) is 0 Å². The molecule has 1 aromatic carbocycles. The topological polar surface area (TPSA) is 29.5 Å². The fourth-order valence-corrected chi connectivity index (χ4v) is 3.36. The van der Waals surface area contributed by atoms with E-state index < -0.39 is 0 Å². The summed E-state index contributed by atoms with van der Waals surface area (Å²) in [7, 11) is 3.60. The molecule has 0 amide bonds. The SMILES string of the molecule is COC(=O)C1CCC(N(C)c2ccccc2Br)CC1. The van der Waals surface area contributed by atoms with E-state index in [4.69, 9.17) is 4.74 Å². The minimum Gasteiger partial charge on any atom is -0.469 e. The van der Waals surface area contributed by atoms with Crippen LogP contribution in [0.3, 0.4) is 0 Å². The molecule has 0 aromatic heterocycles. The minimum absolute atomic E-state index is 0.0537. The van der Waals surface area contributed by atoms with Crippen molar-refractivity contribution in [2.45, 2.75) is 31.7 Å². The summed E-state index contributed by atoms with van der Waals surface area (Å²) in [6.07, 6.45) is 3.92. The Balaban J connectivity index is 1.98. The van der Waals surface area contributed by atoms with Crippen LogP contribution in [0.1, 0.15) is 25.7 Å². The molecule has 104 valence electrons. The number of esters is 1. The summed E-state index contributed by atoms with van der Waals surface area (Å²) in [5.41, 5.74) is 1.21. The van der Waals surface area contributed by atoms with Crippen LogP contribution in [0.4, 0.5) is 5.69 Å². The number of anilines is 1. The van der Waals surface area contributed by atoms with Gasteiger partial charge in [0.05, 0.1) is 18.7 Å². The average molecular weight is 326 g/mol. The predicted molar refractivity (Wildman–Crippen MR) is 80.3 cm³/mol. The van der Waals surface area contributed by atoms with Crippen LogP contribution in [0, 0.1) is 5.92 Å². The number of nitrogens with zero attached hydrogens (tertiary/aromatic N) is 1. The van der Waals surface area contributed by atoms with E-state index >= 15 is 0 Å². The first-order chi connectivity index (χ1) is 9.13. The van der Waals surface area contributed by atoms with Crippen molar-refractivity contribution in [2.75, 3.05) is 19.1 Å². The van der Waals surface area contributed by atoms with Crippen molar-refractivity contribution in [1.29, 1.82) is 0 Å². The molecule has 0 spiro atoms. The summed E-state index contributed by atoms with van der Waals surface area (Å²) in [5, 5.41) is 0. The zero-order valence-corrected chi connectivity index (χ0v) is 13.0. The molecule has 0 radical (unpaired) electrons. The van der Waals surface area contributed by atoms with Gasteiger partial charge in [-0.1, -0.05) is 12.1 Å². The summed E-state index contributed by atoms with van der Waals surface area (Å²) >= 11 is 3.59. The second-order valence-electron chi connectivity index (χ2n) is 5.09. The number of benzene rings is 1. The second-order valence-corrected chi connectivity index (χ2v) is 5.95. The van der Waals surface area contributed by atoms with Crippen molar-refractivity contribution in [1.82, 2.24) is 0 Å². The van der Waals surface area contributed by atoms with Crippen LogP contribution in [-0.2, 0) is 9.53 Å². The summed E-state index contributed by atoms with van der Waals surface area (Å²) in [6.45, 7) is 0. The smallest absolute Gasteiger partial charge is 0.308 e. The van der Waals surface area contributed by atoms with Crippen LogP contribution in [0.2, 0.25) is 0 Å². The third-order valence-electron chi connectivity index (χ3n) is 4.01. The van der Waals surface area contributed by atoms with Crippen LogP contribution in [0.15, 0.2) is 28.7 Å². The van der Waals surface area contributed by atoms with E-state index in [2.05, 4.69) is 46.1 Å². The van der Waals surface area contributed by atoms with E-state index in [1.165, 1.54) is 12.8 Å². The second kappa shape index (κ2) is 6.42. The van der Waals surface area contributed by atoms with Gasteiger partial charge in [-0.25, -0.2) is 0 Å². The van der Waals surface area contributed by atoms with Gasteiger partial charge in [-0.2, -0.15) is 0 Å². The number of ether oxygens (including phenoxy) is 1. The lowest BCUT2D eigenvalue weighted by Gasteiger charge is -2.35. The van der Waals surface area contributed by atoms with Crippen molar-refractivity contribution in [3.05, 3.63) is 28.7 Å². The fourth-order valence-electron chi connectivity index (χ4n) is 2.80. The van der Waals surface area contributed by atoms with E-state index in [1.54, 1.807) is 0 Å². The van der Waals surface area contributed by atoms with Gasteiger partial charge in [0.1, 0.15) is 0 Å². The molecule has 1 aliphatic carbocycles. The standard InChI is InChI=1S/C15H20BrNO2/c1-17(14-6-4-3-5-13(14)16)12-9-7-11(8-10-12)15(18)19-2/h3-6,11-12H,7-10H2,1-2H3. The molecule has 2 rings (SSSR count). The number of carbonyl (C=O) groups excluding carboxylic acids is 1. The molecule has 0 unspecified atom stereocenters. The largest absolute Gasteiger partial charge is 0.469 e. The zero-order chi connectivity index (χ0) is 13.8. The number of rotatable bonds is 3. The van der Waals surface area contributed by atoms with Gasteiger partial charge in [0.25, 0.3) is 0 Å². The molecule has 4 heteroatoms. The number of hydrogen-bond acceptors (Lipinski definition) is 3. The highest BCUT2D eigenvalue weighted by Crippen LogP contribution is 2.33. The van der Waals surface area contributed by atoms with Gasteiger partial charge in [-0.05, 0) is 53.7 Å². The highest BCUT2D eigenvalue weighted by atomic mass is 79.9. The van der Waals surface area contributed by atoms with Gasteiger partial charge >= 0.3 is 5.97 Å². The number of methoxy groups -OCH3 is 1. The van der Waals surface area contributed by atoms with Crippen LogP contribution in [-0.4, -0.2) is 26.2 Å². The highest BCUT2D eigenvalue weighted by molar-refractivity contribution is 9.10. The summed E-state index contributed by atoms with van der Waals surface area (Å²) in [5.74, 6) is 0.0378. The van der Waals surface area contributed by atoms with Crippen molar-refractivity contribution < 1.29 is 9.53 Å². The molecule has 0 aliphatic heterocycles. The molecule has 0 atom stereocenters. The molecule has 19 heavy (non-hydrogen) atoms. The summed E-state index contributed by atoms with van der Waals surface area (Å²) in [6, 6.07) is 8.76. The van der Waals surface area contributed by atoms with E-state index in [0.29, 0.717) is 6.04 Å². The van der Waals surface area contributed by atoms with Crippen molar-refractivity contribution >= 4 is 27.6 Å². The van der Waals surface area contributed by atoms with E-state index in [9.17, 15) is 4.79 Å². The Morgan fingerprint density at radius 3 is 2.47 bits per heavy atom. The minimum atomic E-state index is -0.0537. The number of para-hydroxylation sites is 1. The molecule has 0 heterocycles. The fraction of sp³-hybridized carbons (Fsp3) is 0.533. The summed E-state index contributed by atoms with van der Waals surface area (Å²) in [4.78, 5) is 13.8. The molecule has 1 fully saturated rings. The number of hydrogen-bond donors (Lipinski definition) is 0. The molecule has 1 saturated carbocycles. The molecule has 3 nitrogen and oxygen atoms in total. The quantitative estimate of drug-likeness (QED) is 0.795. The maximum absolute atomic E-state index is 11.5. The van der Waals surface area contributed by atoms with Crippen molar-refractivity contribution in [3.63, 3.8) is 0 Å². The number of carbonyl (C=O) groups is 1. The van der Waals surface area contributed by atoms with Crippen LogP contribution in [0.25, 0.3) is 0 Å². The van der Waals surface area contributed by atoms with Crippen LogP contribution < -0.4 is 4.90 Å². The van der Waals surface area contributed by atoms with Crippen molar-refractivity contribution in [2.24, 2.45) is 5.92 Å². The Kier molecular flexibility index (Phi) is 4.86. The maximum atomic E-state index is 11.5. The lowest BCUT2D eigenvalue weighted by molar-refractivity contribution is -0.146. The van der Waals surface area contributed by atoms with Crippen LogP contribution in [0.5, 0.6) is 0 Å². The lowest BCUT2D eigenvalue weighted by atomic mass is 9.85. The van der Waals surface area contributed by atoms with Crippen molar-refractivity contribution in [3.8, 4) is 0 Å². The Morgan fingerprint density at radius 2 is 1.89 bits per heavy atom. The monoisotopic (exact) mass is 325 g/mol. The first-order valence-corrected chi connectivity index (χ1v) is 7.48. The highest BCUT2D eigenvalue weighted by Gasteiger charge is 2.29. The Bertz CT molecular complexity index is 442. The Hall–Kier alpha value is -1.03. The predicted octanol–water partition coefficient (Wildman–Crippen LogP) is 3.62.